The van der Waals surface area contributed by atoms with Crippen LogP contribution >= 0.6 is 11.3 Å². The molecule has 6 nitrogen and oxygen atoms in total. The van der Waals surface area contributed by atoms with Crippen LogP contribution in [-0.4, -0.2) is 48.2 Å². The fourth-order valence-corrected chi connectivity index (χ4v) is 4.67. The SMILES string of the molecule is Cc1cc(C(=O)CCC(=O)NC2CCN(CC(=O)Nc3ccccc3)CC2)c(C)s1. The third kappa shape index (κ3) is 6.50. The minimum atomic E-state index is -0.0757. The number of amides is 2. The van der Waals surface area contributed by atoms with Gasteiger partial charge < -0.3 is 10.6 Å². The normalized spacial score (nSPS) is 15.0. The summed E-state index contributed by atoms with van der Waals surface area (Å²) in [5.41, 5.74) is 1.54. The van der Waals surface area contributed by atoms with E-state index in [9.17, 15) is 14.4 Å². The molecule has 160 valence electrons. The van der Waals surface area contributed by atoms with E-state index >= 15 is 0 Å². The number of nitrogens with zero attached hydrogens (tertiary/aromatic N) is 1. The van der Waals surface area contributed by atoms with Gasteiger partial charge in [0.2, 0.25) is 11.8 Å². The Bertz CT molecular complexity index is 886. The molecule has 2 aromatic rings. The number of hydrogen-bond acceptors (Lipinski definition) is 5. The van der Waals surface area contributed by atoms with Crippen LogP contribution in [0.4, 0.5) is 5.69 Å². The number of nitrogens with one attached hydrogen (secondary N) is 2. The summed E-state index contributed by atoms with van der Waals surface area (Å²) in [6.07, 6.45) is 2.07. The van der Waals surface area contributed by atoms with Gasteiger partial charge in [-0.2, -0.15) is 0 Å². The van der Waals surface area contributed by atoms with Gasteiger partial charge in [0.25, 0.3) is 0 Å². The number of para-hydroxylation sites is 1. The predicted octanol–water partition coefficient (Wildman–Crippen LogP) is 3.55. The summed E-state index contributed by atoms with van der Waals surface area (Å²) in [5.74, 6) is -0.0689. The molecule has 0 saturated carbocycles. The van der Waals surface area contributed by atoms with Gasteiger partial charge in [0, 0.05) is 53.0 Å². The molecule has 7 heteroatoms. The molecule has 30 heavy (non-hydrogen) atoms. The van der Waals surface area contributed by atoms with Gasteiger partial charge in [-0.3, -0.25) is 19.3 Å². The number of likely N-dealkylation sites (tertiary alicyclic amines) is 1. The van der Waals surface area contributed by atoms with Crippen molar-refractivity contribution >= 4 is 34.6 Å². The summed E-state index contributed by atoms with van der Waals surface area (Å²) >= 11 is 1.61. The number of hydrogen-bond donors (Lipinski definition) is 2. The van der Waals surface area contributed by atoms with Crippen LogP contribution in [0.3, 0.4) is 0 Å². The monoisotopic (exact) mass is 427 g/mol. The van der Waals surface area contributed by atoms with Gasteiger partial charge in [0.05, 0.1) is 6.54 Å². The maximum atomic E-state index is 12.3. The van der Waals surface area contributed by atoms with Crippen LogP contribution < -0.4 is 10.6 Å². The van der Waals surface area contributed by atoms with Crippen molar-refractivity contribution in [3.05, 3.63) is 51.7 Å². The van der Waals surface area contributed by atoms with Gasteiger partial charge in [-0.25, -0.2) is 0 Å². The van der Waals surface area contributed by atoms with E-state index in [2.05, 4.69) is 15.5 Å². The van der Waals surface area contributed by atoms with E-state index < -0.39 is 0 Å². The minimum absolute atomic E-state index is 0.0267. The van der Waals surface area contributed by atoms with Crippen molar-refractivity contribution in [3.8, 4) is 0 Å². The van der Waals surface area contributed by atoms with E-state index in [0.717, 1.165) is 46.9 Å². The fourth-order valence-electron chi connectivity index (χ4n) is 3.73. The molecule has 2 amide bonds. The van der Waals surface area contributed by atoms with Crippen LogP contribution in [0.2, 0.25) is 0 Å². The first-order valence-electron chi connectivity index (χ1n) is 10.4. The molecule has 1 aliphatic rings. The summed E-state index contributed by atoms with van der Waals surface area (Å²) in [6, 6.07) is 11.4. The number of aryl methyl sites for hydroxylation is 2. The van der Waals surface area contributed by atoms with Gasteiger partial charge in [0.15, 0.2) is 5.78 Å². The van der Waals surface area contributed by atoms with E-state index in [0.29, 0.717) is 6.54 Å². The van der Waals surface area contributed by atoms with Crippen molar-refractivity contribution < 1.29 is 14.4 Å². The maximum Gasteiger partial charge on any atom is 0.238 e. The number of anilines is 1. The summed E-state index contributed by atoms with van der Waals surface area (Å²) in [4.78, 5) is 41.0. The zero-order chi connectivity index (χ0) is 21.5. The second kappa shape index (κ2) is 10.5. The molecule has 0 bridgehead atoms. The van der Waals surface area contributed by atoms with E-state index in [4.69, 9.17) is 0 Å². The number of rotatable bonds is 8. The number of Topliss-reactive ketones (excluding diaryl/α,β-unsaturated/α-hetero) is 1. The lowest BCUT2D eigenvalue weighted by Crippen LogP contribution is -2.46. The van der Waals surface area contributed by atoms with Gasteiger partial charge in [0.1, 0.15) is 0 Å². The number of piperidine rings is 1. The molecule has 1 aromatic heterocycles. The zero-order valence-corrected chi connectivity index (χ0v) is 18.4. The molecular formula is C23H29N3O3S. The summed E-state index contributed by atoms with van der Waals surface area (Å²) in [5, 5.41) is 5.94. The highest BCUT2D eigenvalue weighted by molar-refractivity contribution is 7.12. The van der Waals surface area contributed by atoms with E-state index in [1.165, 1.54) is 0 Å². The van der Waals surface area contributed by atoms with Crippen LogP contribution in [-0.2, 0) is 9.59 Å². The van der Waals surface area contributed by atoms with Crippen LogP contribution in [0, 0.1) is 13.8 Å². The first-order valence-corrected chi connectivity index (χ1v) is 11.2. The Balaban J connectivity index is 1.35. The molecule has 3 rings (SSSR count). The number of ketones is 1. The average molecular weight is 428 g/mol. The lowest BCUT2D eigenvalue weighted by atomic mass is 10.0. The van der Waals surface area contributed by atoms with E-state index in [1.54, 1.807) is 11.3 Å². The van der Waals surface area contributed by atoms with Crippen LogP contribution in [0.5, 0.6) is 0 Å². The molecular weight excluding hydrogens is 398 g/mol. The second-order valence-corrected chi connectivity index (χ2v) is 9.24. The Morgan fingerprint density at radius 1 is 1.03 bits per heavy atom. The molecule has 1 saturated heterocycles. The third-order valence-corrected chi connectivity index (χ3v) is 6.26. The molecule has 1 aliphatic heterocycles. The van der Waals surface area contributed by atoms with Crippen molar-refractivity contribution in [1.29, 1.82) is 0 Å². The maximum absolute atomic E-state index is 12.3. The largest absolute Gasteiger partial charge is 0.353 e. The Hall–Kier alpha value is -2.51. The Morgan fingerprint density at radius 3 is 2.37 bits per heavy atom. The molecule has 1 fully saturated rings. The molecule has 0 unspecified atom stereocenters. The van der Waals surface area contributed by atoms with Gasteiger partial charge >= 0.3 is 0 Å². The fraction of sp³-hybridized carbons (Fsp3) is 0.435. The van der Waals surface area contributed by atoms with Gasteiger partial charge in [-0.05, 0) is 44.9 Å². The first kappa shape index (κ1) is 22.2. The second-order valence-electron chi connectivity index (χ2n) is 7.78. The Morgan fingerprint density at radius 2 is 1.73 bits per heavy atom. The molecule has 0 atom stereocenters. The average Bonchev–Trinajstić information content (AvgIpc) is 3.06. The van der Waals surface area contributed by atoms with Crippen molar-refractivity contribution in [3.63, 3.8) is 0 Å². The Kier molecular flexibility index (Phi) is 7.76. The quantitative estimate of drug-likeness (QED) is 0.632. The lowest BCUT2D eigenvalue weighted by Gasteiger charge is -2.31. The van der Waals surface area contributed by atoms with Crippen LogP contribution in [0.15, 0.2) is 36.4 Å². The smallest absolute Gasteiger partial charge is 0.238 e. The number of thiophene rings is 1. The van der Waals surface area contributed by atoms with Crippen molar-refractivity contribution in [2.45, 2.75) is 45.6 Å². The predicted molar refractivity (Wildman–Crippen MR) is 120 cm³/mol. The topological polar surface area (TPSA) is 78.5 Å². The summed E-state index contributed by atoms with van der Waals surface area (Å²) in [6.45, 7) is 5.81. The first-order chi connectivity index (χ1) is 14.4. The highest BCUT2D eigenvalue weighted by atomic mass is 32.1. The van der Waals surface area contributed by atoms with Crippen molar-refractivity contribution in [2.75, 3.05) is 25.0 Å². The lowest BCUT2D eigenvalue weighted by molar-refractivity contribution is -0.122. The van der Waals surface area contributed by atoms with Crippen molar-refractivity contribution in [2.24, 2.45) is 0 Å². The minimum Gasteiger partial charge on any atom is -0.353 e. The van der Waals surface area contributed by atoms with Crippen molar-refractivity contribution in [1.82, 2.24) is 10.2 Å². The molecule has 2 N–H and O–H groups in total. The van der Waals surface area contributed by atoms with Gasteiger partial charge in [-0.1, -0.05) is 18.2 Å². The number of benzene rings is 1. The molecule has 0 radical (unpaired) electrons. The highest BCUT2D eigenvalue weighted by Crippen LogP contribution is 2.22. The standard InChI is InChI=1S/C23H29N3O3S/c1-16-14-20(17(2)30-16)21(27)8-9-22(28)24-19-10-12-26(13-11-19)15-23(29)25-18-6-4-3-5-7-18/h3-7,14,19H,8-13,15H2,1-2H3,(H,24,28)(H,25,29). The van der Waals surface area contributed by atoms with E-state index in [1.807, 2.05) is 50.2 Å². The van der Waals surface area contributed by atoms with E-state index in [-0.39, 0.29) is 36.5 Å². The number of carbonyl (C=O) groups is 3. The van der Waals surface area contributed by atoms with Gasteiger partial charge in [-0.15, -0.1) is 11.3 Å². The van der Waals surface area contributed by atoms with Crippen LogP contribution in [0.1, 0.15) is 45.8 Å². The summed E-state index contributed by atoms with van der Waals surface area (Å²) in [7, 11) is 0. The Labute approximate surface area is 181 Å². The molecule has 0 aliphatic carbocycles. The molecule has 0 spiro atoms. The highest BCUT2D eigenvalue weighted by Gasteiger charge is 2.22. The zero-order valence-electron chi connectivity index (χ0n) is 17.6. The molecule has 1 aromatic carbocycles. The third-order valence-electron chi connectivity index (χ3n) is 5.30. The number of carbonyl (C=O) groups excluding carboxylic acids is 3. The summed E-state index contributed by atoms with van der Waals surface area (Å²) < 4.78 is 0. The van der Waals surface area contributed by atoms with Crippen LogP contribution in [0.25, 0.3) is 0 Å². The molecule has 2 heterocycles.